The van der Waals surface area contributed by atoms with Gasteiger partial charge >= 0.3 is 0 Å². The maximum Gasteiger partial charge on any atom is 0.178 e. The summed E-state index contributed by atoms with van der Waals surface area (Å²) in [7, 11) is 0. The van der Waals surface area contributed by atoms with E-state index < -0.39 is 11.0 Å². The number of H-pyrrole nitrogens is 1. The van der Waals surface area contributed by atoms with Crippen LogP contribution in [-0.4, -0.2) is 41.3 Å². The summed E-state index contributed by atoms with van der Waals surface area (Å²) in [5.74, 6) is -0.0964. The topological polar surface area (TPSA) is 82.0 Å². The molecule has 0 saturated carbocycles. The number of carbonyl (C=O) groups excluding carboxylic acids is 1. The average molecular weight is 300 g/mol. The molecule has 0 bridgehead atoms. The van der Waals surface area contributed by atoms with Crippen LogP contribution in [0.4, 0.5) is 5.69 Å². The fourth-order valence-corrected chi connectivity index (χ4v) is 3.53. The zero-order valence-corrected chi connectivity index (χ0v) is 13.1. The van der Waals surface area contributed by atoms with Crippen molar-refractivity contribution >= 4 is 11.5 Å². The molecule has 1 spiro atoms. The van der Waals surface area contributed by atoms with Gasteiger partial charge in [-0.15, -0.1) is 0 Å². The zero-order chi connectivity index (χ0) is 16.0. The average Bonchev–Trinajstić information content (AvgIpc) is 2.89. The van der Waals surface area contributed by atoms with Crippen molar-refractivity contribution in [2.24, 2.45) is 5.41 Å². The Kier molecular flexibility index (Phi) is 3.33. The van der Waals surface area contributed by atoms with Crippen molar-refractivity contribution in [2.45, 2.75) is 32.8 Å². The molecule has 22 heavy (non-hydrogen) atoms. The summed E-state index contributed by atoms with van der Waals surface area (Å²) < 4.78 is 6.04. The lowest BCUT2D eigenvalue weighted by Crippen LogP contribution is -2.56. The molecule has 0 amide bonds. The Hall–Kier alpha value is -2.13. The molecule has 3 rings (SSSR count). The van der Waals surface area contributed by atoms with Gasteiger partial charge < -0.3 is 9.64 Å². The largest absolute Gasteiger partial charge is 0.367 e. The SMILES string of the molecule is Cc1n[nH]cc1N1CCOC2(C=C(C#N)C(=O)C(C)(C)C2)C1. The fourth-order valence-electron chi connectivity index (χ4n) is 3.53. The fraction of sp³-hybridized carbons (Fsp3) is 0.562. The number of Topliss-reactive ketones (excluding diaryl/α,β-unsaturated/α-hetero) is 1. The van der Waals surface area contributed by atoms with Crippen LogP contribution in [0.3, 0.4) is 0 Å². The summed E-state index contributed by atoms with van der Waals surface area (Å²) in [5.41, 5.74) is 1.01. The number of nitrogens with one attached hydrogen (secondary N) is 1. The molecule has 0 radical (unpaired) electrons. The van der Waals surface area contributed by atoms with Gasteiger partial charge in [-0.2, -0.15) is 10.4 Å². The molecule has 1 N–H and O–H groups in total. The van der Waals surface area contributed by atoms with Crippen LogP contribution < -0.4 is 4.90 Å². The number of morpholine rings is 1. The number of nitriles is 1. The van der Waals surface area contributed by atoms with E-state index in [0.29, 0.717) is 19.6 Å². The first-order valence-corrected chi connectivity index (χ1v) is 7.44. The molecule has 1 fully saturated rings. The monoisotopic (exact) mass is 300 g/mol. The molecule has 1 atom stereocenters. The number of nitrogens with zero attached hydrogens (tertiary/aromatic N) is 3. The van der Waals surface area contributed by atoms with E-state index in [1.807, 2.05) is 33.0 Å². The second-order valence-electron chi connectivity index (χ2n) is 6.75. The quantitative estimate of drug-likeness (QED) is 0.854. The smallest absolute Gasteiger partial charge is 0.178 e. The maximum absolute atomic E-state index is 12.3. The molecule has 6 heteroatoms. The number of aromatic amines is 1. The number of allylic oxidation sites excluding steroid dienone is 1. The lowest BCUT2D eigenvalue weighted by Gasteiger charge is -2.47. The number of aryl methyl sites for hydroxylation is 1. The van der Waals surface area contributed by atoms with Crippen LogP contribution in [0.25, 0.3) is 0 Å². The van der Waals surface area contributed by atoms with Gasteiger partial charge in [0.15, 0.2) is 5.78 Å². The first kappa shape index (κ1) is 14.8. The van der Waals surface area contributed by atoms with E-state index in [2.05, 4.69) is 15.1 Å². The lowest BCUT2D eigenvalue weighted by molar-refractivity contribution is -0.130. The predicted molar refractivity (Wildman–Crippen MR) is 81.3 cm³/mol. The summed E-state index contributed by atoms with van der Waals surface area (Å²) in [6.45, 7) is 7.67. The van der Waals surface area contributed by atoms with Gasteiger partial charge in [0.2, 0.25) is 0 Å². The van der Waals surface area contributed by atoms with Crippen LogP contribution in [-0.2, 0) is 9.53 Å². The van der Waals surface area contributed by atoms with Gasteiger partial charge in [-0.25, -0.2) is 0 Å². The number of rotatable bonds is 1. The molecule has 1 aliphatic carbocycles. The zero-order valence-electron chi connectivity index (χ0n) is 13.1. The third kappa shape index (κ3) is 2.32. The number of aromatic nitrogens is 2. The molecule has 1 aromatic rings. The Morgan fingerprint density at radius 2 is 2.27 bits per heavy atom. The number of anilines is 1. The molecule has 0 aromatic carbocycles. The van der Waals surface area contributed by atoms with Crippen LogP contribution in [0.15, 0.2) is 17.8 Å². The molecule has 1 unspecified atom stereocenters. The highest BCUT2D eigenvalue weighted by Crippen LogP contribution is 2.42. The number of carbonyl (C=O) groups is 1. The summed E-state index contributed by atoms with van der Waals surface area (Å²) >= 11 is 0. The van der Waals surface area contributed by atoms with Gasteiger partial charge in [0.25, 0.3) is 0 Å². The number of ether oxygens (including phenoxy) is 1. The number of hydrogen-bond donors (Lipinski definition) is 1. The highest BCUT2D eigenvalue weighted by molar-refractivity contribution is 6.04. The molecular weight excluding hydrogens is 280 g/mol. The van der Waals surface area contributed by atoms with Gasteiger partial charge in [-0.05, 0) is 19.4 Å². The Labute approximate surface area is 129 Å². The van der Waals surface area contributed by atoms with Crippen LogP contribution in [0, 0.1) is 23.7 Å². The van der Waals surface area contributed by atoms with Crippen molar-refractivity contribution in [2.75, 3.05) is 24.6 Å². The van der Waals surface area contributed by atoms with Crippen LogP contribution in [0.1, 0.15) is 26.0 Å². The van der Waals surface area contributed by atoms with E-state index in [9.17, 15) is 10.1 Å². The highest BCUT2D eigenvalue weighted by Gasteiger charge is 2.48. The molecule has 116 valence electrons. The minimum atomic E-state index is -0.593. The van der Waals surface area contributed by atoms with Gasteiger partial charge in [0.05, 0.1) is 30.1 Å². The molecule has 2 heterocycles. The Morgan fingerprint density at radius 1 is 1.50 bits per heavy atom. The van der Waals surface area contributed by atoms with E-state index in [1.165, 1.54) is 0 Å². The summed E-state index contributed by atoms with van der Waals surface area (Å²) in [4.78, 5) is 14.5. The van der Waals surface area contributed by atoms with Crippen LogP contribution in [0.2, 0.25) is 0 Å². The second-order valence-corrected chi connectivity index (χ2v) is 6.75. The lowest BCUT2D eigenvalue weighted by atomic mass is 9.69. The van der Waals surface area contributed by atoms with Gasteiger partial charge in [-0.3, -0.25) is 9.89 Å². The third-order valence-corrected chi connectivity index (χ3v) is 4.48. The molecule has 1 aromatic heterocycles. The maximum atomic E-state index is 12.3. The first-order chi connectivity index (χ1) is 10.4. The third-order valence-electron chi connectivity index (χ3n) is 4.48. The van der Waals surface area contributed by atoms with Crippen molar-refractivity contribution in [1.82, 2.24) is 10.2 Å². The van der Waals surface area contributed by atoms with E-state index in [4.69, 9.17) is 4.74 Å². The van der Waals surface area contributed by atoms with Crippen molar-refractivity contribution in [3.05, 3.63) is 23.5 Å². The summed E-state index contributed by atoms with van der Waals surface area (Å²) in [6.07, 6.45) is 4.18. The molecular formula is C16H20N4O2. The van der Waals surface area contributed by atoms with E-state index >= 15 is 0 Å². The number of ketones is 1. The minimum absolute atomic E-state index is 0.0964. The van der Waals surface area contributed by atoms with E-state index in [-0.39, 0.29) is 11.4 Å². The van der Waals surface area contributed by atoms with Gasteiger partial charge in [-0.1, -0.05) is 13.8 Å². The summed E-state index contributed by atoms with van der Waals surface area (Å²) in [6, 6.07) is 2.04. The van der Waals surface area contributed by atoms with Crippen molar-refractivity contribution in [1.29, 1.82) is 5.26 Å². The van der Waals surface area contributed by atoms with Gasteiger partial charge in [0.1, 0.15) is 11.7 Å². The molecule has 6 nitrogen and oxygen atoms in total. The van der Waals surface area contributed by atoms with Crippen molar-refractivity contribution in [3.63, 3.8) is 0 Å². The molecule has 1 saturated heterocycles. The molecule has 1 aliphatic heterocycles. The predicted octanol–water partition coefficient (Wildman–Crippen LogP) is 1.74. The van der Waals surface area contributed by atoms with Crippen molar-refractivity contribution in [3.8, 4) is 6.07 Å². The standard InChI is InChI=1S/C16H20N4O2/c1-11-13(8-18-19-11)20-4-5-22-16(10-20)6-12(7-17)14(21)15(2,3)9-16/h6,8H,4-5,9-10H2,1-3H3,(H,18,19). The highest BCUT2D eigenvalue weighted by atomic mass is 16.5. The summed E-state index contributed by atoms with van der Waals surface area (Å²) in [5, 5.41) is 16.3. The Bertz CT molecular complexity index is 683. The van der Waals surface area contributed by atoms with E-state index in [0.717, 1.165) is 17.9 Å². The Balaban J connectivity index is 1.96. The first-order valence-electron chi connectivity index (χ1n) is 7.44. The second kappa shape index (κ2) is 4.96. The van der Waals surface area contributed by atoms with Gasteiger partial charge in [0, 0.05) is 18.2 Å². The minimum Gasteiger partial charge on any atom is -0.367 e. The van der Waals surface area contributed by atoms with Crippen LogP contribution in [0.5, 0.6) is 0 Å². The van der Waals surface area contributed by atoms with Crippen molar-refractivity contribution < 1.29 is 9.53 Å². The van der Waals surface area contributed by atoms with E-state index in [1.54, 1.807) is 6.08 Å². The Morgan fingerprint density at radius 3 is 2.91 bits per heavy atom. The number of hydrogen-bond acceptors (Lipinski definition) is 5. The van der Waals surface area contributed by atoms with Crippen LogP contribution >= 0.6 is 0 Å². The normalized spacial score (nSPS) is 27.6. The molecule has 2 aliphatic rings.